The predicted octanol–water partition coefficient (Wildman–Crippen LogP) is 4.70. The monoisotopic (exact) mass is 326 g/mol. The van der Waals surface area contributed by atoms with E-state index in [2.05, 4.69) is 45.0 Å². The van der Waals surface area contributed by atoms with Crippen LogP contribution in [0, 0.1) is 0 Å². The van der Waals surface area contributed by atoms with Gasteiger partial charge in [-0.1, -0.05) is 56.3 Å². The van der Waals surface area contributed by atoms with Gasteiger partial charge in [0.2, 0.25) is 0 Å². The first kappa shape index (κ1) is 16.0. The molecule has 0 N–H and O–H groups in total. The van der Waals surface area contributed by atoms with E-state index < -0.39 is 9.84 Å². The highest BCUT2D eigenvalue weighted by Crippen LogP contribution is 2.39. The number of sulfone groups is 1. The molecular weight excluding hydrogens is 304 g/mol. The van der Waals surface area contributed by atoms with E-state index in [-0.39, 0.29) is 11.2 Å². The van der Waals surface area contributed by atoms with Crippen molar-refractivity contribution in [1.82, 2.24) is 0 Å². The van der Waals surface area contributed by atoms with E-state index in [1.165, 1.54) is 0 Å². The summed E-state index contributed by atoms with van der Waals surface area (Å²) in [5.74, 6) is 0.241. The molecule has 1 heterocycles. The molecule has 0 saturated carbocycles. The lowest BCUT2D eigenvalue weighted by Crippen LogP contribution is -2.30. The lowest BCUT2D eigenvalue weighted by Gasteiger charge is -2.32. The van der Waals surface area contributed by atoms with Gasteiger partial charge >= 0.3 is 0 Å². The maximum absolute atomic E-state index is 12.3. The molecule has 2 aromatic carbocycles. The maximum Gasteiger partial charge on any atom is 0.178 e. The SMILES string of the molecule is C/C(=C\c1ccccc1)c1ccc2c(c1)C(C)(C)CCS2(=O)=O. The number of rotatable bonds is 2. The zero-order valence-electron chi connectivity index (χ0n) is 13.8. The van der Waals surface area contributed by atoms with Crippen molar-refractivity contribution in [2.75, 3.05) is 5.75 Å². The summed E-state index contributed by atoms with van der Waals surface area (Å²) in [6, 6.07) is 15.9. The van der Waals surface area contributed by atoms with Gasteiger partial charge in [0.1, 0.15) is 0 Å². The Labute approximate surface area is 138 Å². The fourth-order valence-electron chi connectivity index (χ4n) is 3.09. The molecule has 0 aliphatic carbocycles. The quantitative estimate of drug-likeness (QED) is 0.750. The third-order valence-electron chi connectivity index (χ3n) is 4.68. The second-order valence-corrected chi connectivity index (χ2v) is 8.98. The zero-order valence-corrected chi connectivity index (χ0v) is 14.7. The molecule has 1 aliphatic rings. The molecule has 23 heavy (non-hydrogen) atoms. The largest absolute Gasteiger partial charge is 0.224 e. The minimum absolute atomic E-state index is 0.107. The smallest absolute Gasteiger partial charge is 0.178 e. The molecule has 0 unspecified atom stereocenters. The molecule has 1 aliphatic heterocycles. The maximum atomic E-state index is 12.3. The lowest BCUT2D eigenvalue weighted by atomic mass is 9.80. The number of benzene rings is 2. The van der Waals surface area contributed by atoms with Gasteiger partial charge in [-0.2, -0.15) is 0 Å². The van der Waals surface area contributed by atoms with Crippen molar-refractivity contribution in [2.45, 2.75) is 37.5 Å². The zero-order chi connectivity index (χ0) is 16.7. The molecule has 120 valence electrons. The standard InChI is InChI=1S/C20H22O2S/c1-15(13-16-7-5-4-6-8-16)17-9-10-19-18(14-17)20(2,3)11-12-23(19,21)22/h4-10,13-14H,11-12H2,1-3H3/b15-13+. The first-order chi connectivity index (χ1) is 10.8. The van der Waals surface area contributed by atoms with Gasteiger partial charge in [0.05, 0.1) is 10.6 Å². The first-order valence-electron chi connectivity index (χ1n) is 7.91. The van der Waals surface area contributed by atoms with Crippen LogP contribution in [0.1, 0.15) is 43.9 Å². The molecule has 0 fully saturated rings. The van der Waals surface area contributed by atoms with Crippen molar-refractivity contribution in [2.24, 2.45) is 0 Å². The fraction of sp³-hybridized carbons (Fsp3) is 0.300. The van der Waals surface area contributed by atoms with Crippen molar-refractivity contribution >= 4 is 21.5 Å². The number of hydrogen-bond donors (Lipinski definition) is 0. The number of fused-ring (bicyclic) bond motifs is 1. The summed E-state index contributed by atoms with van der Waals surface area (Å²) in [5.41, 5.74) is 4.20. The minimum atomic E-state index is -3.13. The van der Waals surface area contributed by atoms with Gasteiger partial charge in [-0.3, -0.25) is 0 Å². The van der Waals surface area contributed by atoms with Crippen molar-refractivity contribution in [3.63, 3.8) is 0 Å². The molecule has 3 rings (SSSR count). The van der Waals surface area contributed by atoms with Gasteiger partial charge in [-0.25, -0.2) is 8.42 Å². The van der Waals surface area contributed by atoms with E-state index in [1.807, 2.05) is 24.3 Å². The van der Waals surface area contributed by atoms with Crippen molar-refractivity contribution < 1.29 is 8.42 Å². The molecule has 0 amide bonds. The summed E-state index contributed by atoms with van der Waals surface area (Å²) in [4.78, 5) is 0.505. The van der Waals surface area contributed by atoms with Crippen LogP contribution in [0.2, 0.25) is 0 Å². The molecule has 2 nitrogen and oxygen atoms in total. The third kappa shape index (κ3) is 3.11. The highest BCUT2D eigenvalue weighted by molar-refractivity contribution is 7.91. The van der Waals surface area contributed by atoms with Gasteiger partial charge in [-0.05, 0) is 53.2 Å². The van der Waals surface area contributed by atoms with Crippen LogP contribution in [0.5, 0.6) is 0 Å². The molecule has 3 heteroatoms. The Morgan fingerprint density at radius 2 is 1.78 bits per heavy atom. The van der Waals surface area contributed by atoms with Gasteiger partial charge in [0.25, 0.3) is 0 Å². The molecule has 0 bridgehead atoms. The second kappa shape index (κ2) is 5.64. The average molecular weight is 326 g/mol. The first-order valence-corrected chi connectivity index (χ1v) is 9.56. The predicted molar refractivity (Wildman–Crippen MR) is 96.1 cm³/mol. The summed E-state index contributed by atoms with van der Waals surface area (Å²) < 4.78 is 24.6. The Kier molecular flexibility index (Phi) is 3.93. The van der Waals surface area contributed by atoms with Gasteiger partial charge in [-0.15, -0.1) is 0 Å². The van der Waals surface area contributed by atoms with E-state index in [0.29, 0.717) is 11.3 Å². The summed E-state index contributed by atoms with van der Waals surface area (Å²) in [6.07, 6.45) is 2.80. The molecule has 0 atom stereocenters. The van der Waals surface area contributed by atoms with Crippen LogP contribution in [-0.2, 0) is 15.3 Å². The van der Waals surface area contributed by atoms with Crippen molar-refractivity contribution in [3.8, 4) is 0 Å². The number of allylic oxidation sites excluding steroid dienone is 1. The van der Waals surface area contributed by atoms with Crippen LogP contribution in [0.25, 0.3) is 11.6 Å². The van der Waals surface area contributed by atoms with Crippen molar-refractivity contribution in [3.05, 3.63) is 65.2 Å². The Bertz CT molecular complexity index is 860. The topological polar surface area (TPSA) is 34.1 Å². The van der Waals surface area contributed by atoms with E-state index >= 15 is 0 Å². The van der Waals surface area contributed by atoms with Crippen molar-refractivity contribution in [1.29, 1.82) is 0 Å². The molecule has 0 spiro atoms. The van der Waals surface area contributed by atoms with Crippen LogP contribution < -0.4 is 0 Å². The Hall–Kier alpha value is -1.87. The van der Waals surface area contributed by atoms with Crippen LogP contribution in [0.15, 0.2) is 53.4 Å². The molecule has 2 aromatic rings. The Balaban J connectivity index is 2.09. The second-order valence-electron chi connectivity index (χ2n) is 6.90. The molecular formula is C20H22O2S. The van der Waals surface area contributed by atoms with E-state index in [4.69, 9.17) is 0 Å². The summed E-state index contributed by atoms with van der Waals surface area (Å²) >= 11 is 0. The average Bonchev–Trinajstić information content (AvgIpc) is 2.52. The van der Waals surface area contributed by atoms with Crippen LogP contribution in [0.3, 0.4) is 0 Å². The molecule has 0 saturated heterocycles. The van der Waals surface area contributed by atoms with Crippen LogP contribution >= 0.6 is 0 Å². The number of hydrogen-bond acceptors (Lipinski definition) is 2. The van der Waals surface area contributed by atoms with Gasteiger partial charge < -0.3 is 0 Å². The summed E-state index contributed by atoms with van der Waals surface area (Å²) in [5, 5.41) is 0. The summed E-state index contributed by atoms with van der Waals surface area (Å²) in [7, 11) is -3.13. The highest BCUT2D eigenvalue weighted by Gasteiger charge is 2.35. The van der Waals surface area contributed by atoms with Gasteiger partial charge in [0, 0.05) is 0 Å². The summed E-state index contributed by atoms with van der Waals surface area (Å²) in [6.45, 7) is 6.32. The van der Waals surface area contributed by atoms with E-state index in [0.717, 1.165) is 22.3 Å². The molecule has 0 radical (unpaired) electrons. The third-order valence-corrected chi connectivity index (χ3v) is 6.45. The minimum Gasteiger partial charge on any atom is -0.224 e. The van der Waals surface area contributed by atoms with Gasteiger partial charge in [0.15, 0.2) is 9.84 Å². The lowest BCUT2D eigenvalue weighted by molar-refractivity contribution is 0.473. The molecule has 0 aromatic heterocycles. The Morgan fingerprint density at radius 1 is 1.09 bits per heavy atom. The Morgan fingerprint density at radius 3 is 2.48 bits per heavy atom. The fourth-order valence-corrected chi connectivity index (χ4v) is 5.04. The normalized spacial score (nSPS) is 19.2. The van der Waals surface area contributed by atoms with Crippen LogP contribution in [0.4, 0.5) is 0 Å². The van der Waals surface area contributed by atoms with E-state index in [1.54, 1.807) is 6.07 Å². The van der Waals surface area contributed by atoms with Crippen LogP contribution in [-0.4, -0.2) is 14.2 Å². The highest BCUT2D eigenvalue weighted by atomic mass is 32.2. The van der Waals surface area contributed by atoms with E-state index in [9.17, 15) is 8.42 Å².